The predicted molar refractivity (Wildman–Crippen MR) is 57.6 cm³/mol. The number of benzene rings is 1. The maximum atomic E-state index is 9.35. The zero-order valence-corrected chi connectivity index (χ0v) is 9.21. The molecule has 0 saturated heterocycles. The number of aryl methyl sites for hydroxylation is 1. The largest absolute Gasteiger partial charge is 0.391 e. The number of nitrogens with two attached hydrogens (primary N) is 1. The van der Waals surface area contributed by atoms with Gasteiger partial charge in [0.25, 0.3) is 0 Å². The van der Waals surface area contributed by atoms with Gasteiger partial charge in [-0.05, 0) is 36.6 Å². The van der Waals surface area contributed by atoms with E-state index in [1.165, 1.54) is 5.56 Å². The van der Waals surface area contributed by atoms with E-state index in [2.05, 4.69) is 22.0 Å². The number of hydrogen-bond donors (Lipinski definition) is 2. The highest BCUT2D eigenvalue weighted by molar-refractivity contribution is 9.10. The molecule has 0 bridgehead atoms. The van der Waals surface area contributed by atoms with Gasteiger partial charge in [0.15, 0.2) is 0 Å². The average Bonchev–Trinajstić information content (AvgIpc) is 2.02. The molecule has 1 aromatic rings. The minimum Gasteiger partial charge on any atom is -0.391 e. The molecule has 13 heavy (non-hydrogen) atoms. The summed E-state index contributed by atoms with van der Waals surface area (Å²) in [6.45, 7) is 2.34. The van der Waals surface area contributed by atoms with Crippen molar-refractivity contribution in [3.8, 4) is 0 Å². The van der Waals surface area contributed by atoms with E-state index in [1.54, 1.807) is 0 Å². The first-order chi connectivity index (χ1) is 6.11. The molecule has 1 rings (SSSR count). The van der Waals surface area contributed by atoms with Crippen molar-refractivity contribution in [1.29, 1.82) is 0 Å². The van der Waals surface area contributed by atoms with Gasteiger partial charge in [-0.3, -0.25) is 0 Å². The molecule has 0 radical (unpaired) electrons. The van der Waals surface area contributed by atoms with Crippen molar-refractivity contribution in [1.82, 2.24) is 0 Å². The Morgan fingerprint density at radius 3 is 2.69 bits per heavy atom. The molecule has 72 valence electrons. The smallest absolute Gasteiger partial charge is 0.0702 e. The molecule has 0 spiro atoms. The van der Waals surface area contributed by atoms with Gasteiger partial charge in [0, 0.05) is 11.0 Å². The molecule has 0 saturated carbocycles. The van der Waals surface area contributed by atoms with Gasteiger partial charge in [0.05, 0.1) is 6.10 Å². The van der Waals surface area contributed by atoms with Crippen molar-refractivity contribution in [3.05, 3.63) is 33.8 Å². The topological polar surface area (TPSA) is 46.2 Å². The second kappa shape index (κ2) is 4.74. The van der Waals surface area contributed by atoms with Crippen LogP contribution >= 0.6 is 15.9 Å². The minimum absolute atomic E-state index is 0.311. The Hall–Kier alpha value is -0.380. The molecular weight excluding hydrogens is 230 g/mol. The summed E-state index contributed by atoms with van der Waals surface area (Å²) in [4.78, 5) is 0. The highest BCUT2D eigenvalue weighted by Crippen LogP contribution is 2.16. The highest BCUT2D eigenvalue weighted by atomic mass is 79.9. The summed E-state index contributed by atoms with van der Waals surface area (Å²) < 4.78 is 1.05. The van der Waals surface area contributed by atoms with Crippen LogP contribution in [-0.4, -0.2) is 17.8 Å². The van der Waals surface area contributed by atoms with Crippen LogP contribution in [0.2, 0.25) is 0 Å². The number of rotatable bonds is 3. The molecule has 0 heterocycles. The van der Waals surface area contributed by atoms with Gasteiger partial charge in [-0.25, -0.2) is 0 Å². The SMILES string of the molecule is Cc1cc(Br)cc(CC(O)CN)c1. The Kier molecular flexibility index (Phi) is 3.90. The van der Waals surface area contributed by atoms with Crippen LogP contribution in [0.3, 0.4) is 0 Å². The summed E-state index contributed by atoms with van der Waals surface area (Å²) >= 11 is 3.41. The van der Waals surface area contributed by atoms with E-state index in [1.807, 2.05) is 19.1 Å². The van der Waals surface area contributed by atoms with E-state index >= 15 is 0 Å². The van der Waals surface area contributed by atoms with Crippen molar-refractivity contribution in [2.24, 2.45) is 5.73 Å². The summed E-state index contributed by atoms with van der Waals surface area (Å²) in [5.74, 6) is 0. The third-order valence-electron chi connectivity index (χ3n) is 1.85. The van der Waals surface area contributed by atoms with E-state index in [-0.39, 0.29) is 0 Å². The van der Waals surface area contributed by atoms with Gasteiger partial charge >= 0.3 is 0 Å². The normalized spacial score (nSPS) is 12.9. The monoisotopic (exact) mass is 243 g/mol. The van der Waals surface area contributed by atoms with Crippen molar-refractivity contribution in [2.75, 3.05) is 6.54 Å². The van der Waals surface area contributed by atoms with Crippen molar-refractivity contribution < 1.29 is 5.11 Å². The molecule has 0 aliphatic carbocycles. The summed E-state index contributed by atoms with van der Waals surface area (Å²) in [6.07, 6.45) is 0.185. The van der Waals surface area contributed by atoms with Crippen LogP contribution in [0.1, 0.15) is 11.1 Å². The Balaban J connectivity index is 2.77. The van der Waals surface area contributed by atoms with Crippen LogP contribution in [-0.2, 0) is 6.42 Å². The molecule has 2 nitrogen and oxygen atoms in total. The second-order valence-electron chi connectivity index (χ2n) is 3.23. The molecule has 0 aliphatic rings. The fraction of sp³-hybridized carbons (Fsp3) is 0.400. The number of aliphatic hydroxyl groups excluding tert-OH is 1. The zero-order chi connectivity index (χ0) is 9.84. The molecular formula is C10H14BrNO. The predicted octanol–water partition coefficient (Wildman–Crippen LogP) is 1.62. The molecule has 1 aromatic carbocycles. The van der Waals surface area contributed by atoms with Crippen LogP contribution in [0.15, 0.2) is 22.7 Å². The highest BCUT2D eigenvalue weighted by Gasteiger charge is 2.03. The number of aliphatic hydroxyl groups is 1. The second-order valence-corrected chi connectivity index (χ2v) is 4.15. The molecule has 0 aromatic heterocycles. The standard InChI is InChI=1S/C10H14BrNO/c1-7-2-8(4-9(11)3-7)5-10(13)6-12/h2-4,10,13H,5-6,12H2,1H3. The molecule has 0 amide bonds. The average molecular weight is 244 g/mol. The summed E-state index contributed by atoms with van der Waals surface area (Å²) in [5, 5.41) is 9.35. The van der Waals surface area contributed by atoms with Crippen LogP contribution in [0.4, 0.5) is 0 Å². The van der Waals surface area contributed by atoms with Crippen LogP contribution < -0.4 is 5.73 Å². The fourth-order valence-corrected chi connectivity index (χ4v) is 1.94. The Morgan fingerprint density at radius 1 is 1.46 bits per heavy atom. The van der Waals surface area contributed by atoms with Gasteiger partial charge in [0.1, 0.15) is 0 Å². The molecule has 0 aliphatic heterocycles. The first-order valence-electron chi connectivity index (χ1n) is 4.26. The molecule has 1 atom stereocenters. The molecule has 0 fully saturated rings. The van der Waals surface area contributed by atoms with Gasteiger partial charge in [-0.1, -0.05) is 22.0 Å². The Bertz CT molecular complexity index is 268. The van der Waals surface area contributed by atoms with Gasteiger partial charge in [0.2, 0.25) is 0 Å². The number of halogens is 1. The lowest BCUT2D eigenvalue weighted by molar-refractivity contribution is 0.183. The van der Waals surface area contributed by atoms with E-state index in [9.17, 15) is 5.11 Å². The van der Waals surface area contributed by atoms with Gasteiger partial charge in [-0.15, -0.1) is 0 Å². The zero-order valence-electron chi connectivity index (χ0n) is 7.63. The van der Waals surface area contributed by atoms with Crippen molar-refractivity contribution >= 4 is 15.9 Å². The Morgan fingerprint density at radius 2 is 2.15 bits per heavy atom. The minimum atomic E-state index is -0.436. The fourth-order valence-electron chi connectivity index (χ4n) is 1.29. The maximum Gasteiger partial charge on any atom is 0.0702 e. The maximum absolute atomic E-state index is 9.35. The van der Waals surface area contributed by atoms with Crippen LogP contribution in [0.25, 0.3) is 0 Å². The van der Waals surface area contributed by atoms with E-state index in [0.29, 0.717) is 13.0 Å². The quantitative estimate of drug-likeness (QED) is 0.848. The third-order valence-corrected chi connectivity index (χ3v) is 2.30. The van der Waals surface area contributed by atoms with Crippen LogP contribution in [0.5, 0.6) is 0 Å². The van der Waals surface area contributed by atoms with Crippen molar-refractivity contribution in [2.45, 2.75) is 19.4 Å². The van der Waals surface area contributed by atoms with Crippen molar-refractivity contribution in [3.63, 3.8) is 0 Å². The molecule has 3 N–H and O–H groups in total. The van der Waals surface area contributed by atoms with Gasteiger partial charge < -0.3 is 10.8 Å². The van der Waals surface area contributed by atoms with E-state index in [4.69, 9.17) is 5.73 Å². The Labute approximate surface area is 86.9 Å². The molecule has 1 unspecified atom stereocenters. The lowest BCUT2D eigenvalue weighted by Gasteiger charge is -2.08. The van der Waals surface area contributed by atoms with E-state index < -0.39 is 6.10 Å². The lowest BCUT2D eigenvalue weighted by Crippen LogP contribution is -2.21. The van der Waals surface area contributed by atoms with Crippen LogP contribution in [0, 0.1) is 6.92 Å². The summed E-state index contributed by atoms with van der Waals surface area (Å²) in [6, 6.07) is 6.11. The first-order valence-corrected chi connectivity index (χ1v) is 5.05. The number of hydrogen-bond acceptors (Lipinski definition) is 2. The van der Waals surface area contributed by atoms with E-state index in [0.717, 1.165) is 10.0 Å². The summed E-state index contributed by atoms with van der Waals surface area (Å²) in [5.41, 5.74) is 7.64. The third kappa shape index (κ3) is 3.46. The van der Waals surface area contributed by atoms with Gasteiger partial charge in [-0.2, -0.15) is 0 Å². The summed E-state index contributed by atoms with van der Waals surface area (Å²) in [7, 11) is 0. The molecule has 3 heteroatoms. The first kappa shape index (κ1) is 10.7. The lowest BCUT2D eigenvalue weighted by atomic mass is 10.1.